The Morgan fingerprint density at radius 2 is 2.00 bits per heavy atom. The zero-order valence-electron chi connectivity index (χ0n) is 12.4. The molecule has 2 amide bonds. The van der Waals surface area contributed by atoms with Crippen LogP contribution in [0.2, 0.25) is 10.0 Å². The Labute approximate surface area is 153 Å². The van der Waals surface area contributed by atoms with Gasteiger partial charge in [0.15, 0.2) is 0 Å². The molecule has 4 nitrogen and oxygen atoms in total. The van der Waals surface area contributed by atoms with Gasteiger partial charge in [0, 0.05) is 35.1 Å². The van der Waals surface area contributed by atoms with Crippen LogP contribution in [0.1, 0.15) is 5.56 Å². The summed E-state index contributed by atoms with van der Waals surface area (Å²) in [6.07, 6.45) is 3.54. The van der Waals surface area contributed by atoms with Crippen molar-refractivity contribution in [1.82, 2.24) is 10.3 Å². The van der Waals surface area contributed by atoms with E-state index in [9.17, 15) is 4.79 Å². The van der Waals surface area contributed by atoms with Crippen LogP contribution >= 0.6 is 34.5 Å². The standard InChI is InChI=1S/C17H13Cl2N3OS/c18-14-4-3-13(7-15(14)19)22-17(23)21-9-11-6-12(10-20-8-11)16-2-1-5-24-16/h1-8,10H,9H2,(H2,21,22,23). The maximum Gasteiger partial charge on any atom is 0.319 e. The lowest BCUT2D eigenvalue weighted by Gasteiger charge is -2.09. The number of pyridine rings is 1. The average molecular weight is 378 g/mol. The molecule has 0 bridgehead atoms. The highest BCUT2D eigenvalue weighted by molar-refractivity contribution is 7.13. The molecule has 0 atom stereocenters. The molecule has 0 aliphatic carbocycles. The van der Waals surface area contributed by atoms with Gasteiger partial charge in [-0.25, -0.2) is 4.79 Å². The van der Waals surface area contributed by atoms with Crippen LogP contribution in [0.25, 0.3) is 10.4 Å². The fraction of sp³-hybridized carbons (Fsp3) is 0.0588. The third kappa shape index (κ3) is 4.26. The Kier molecular flexibility index (Phi) is 5.35. The van der Waals surface area contributed by atoms with Gasteiger partial charge in [-0.15, -0.1) is 11.3 Å². The molecule has 0 saturated carbocycles. The van der Waals surface area contributed by atoms with Gasteiger partial charge in [0.2, 0.25) is 0 Å². The lowest BCUT2D eigenvalue weighted by Crippen LogP contribution is -2.28. The van der Waals surface area contributed by atoms with Crippen LogP contribution in [-0.2, 0) is 6.54 Å². The predicted octanol–water partition coefficient (Wildman–Crippen LogP) is 5.44. The highest BCUT2D eigenvalue weighted by Gasteiger charge is 2.06. The summed E-state index contributed by atoms with van der Waals surface area (Å²) in [6.45, 7) is 0.374. The third-order valence-electron chi connectivity index (χ3n) is 3.23. The van der Waals surface area contributed by atoms with E-state index in [1.165, 1.54) is 0 Å². The molecule has 0 saturated heterocycles. The number of carbonyl (C=O) groups is 1. The second-order valence-corrected chi connectivity index (χ2v) is 6.76. The molecular weight excluding hydrogens is 365 g/mol. The Morgan fingerprint density at radius 1 is 1.12 bits per heavy atom. The van der Waals surface area contributed by atoms with E-state index >= 15 is 0 Å². The fourth-order valence-electron chi connectivity index (χ4n) is 2.09. The van der Waals surface area contributed by atoms with E-state index < -0.39 is 0 Å². The molecule has 3 rings (SSSR count). The molecule has 1 aromatic carbocycles. The minimum Gasteiger partial charge on any atom is -0.334 e. The lowest BCUT2D eigenvalue weighted by atomic mass is 10.2. The van der Waals surface area contributed by atoms with Crippen molar-refractivity contribution in [2.45, 2.75) is 6.54 Å². The molecule has 0 radical (unpaired) electrons. The van der Waals surface area contributed by atoms with Crippen molar-refractivity contribution in [3.8, 4) is 10.4 Å². The topological polar surface area (TPSA) is 54.0 Å². The highest BCUT2D eigenvalue weighted by Crippen LogP contribution is 2.25. The number of aromatic nitrogens is 1. The van der Waals surface area contributed by atoms with Gasteiger partial charge >= 0.3 is 6.03 Å². The highest BCUT2D eigenvalue weighted by atomic mass is 35.5. The smallest absolute Gasteiger partial charge is 0.319 e. The quantitative estimate of drug-likeness (QED) is 0.635. The molecule has 0 spiro atoms. The van der Waals surface area contributed by atoms with E-state index in [2.05, 4.69) is 15.6 Å². The summed E-state index contributed by atoms with van der Waals surface area (Å²) in [7, 11) is 0. The number of rotatable bonds is 4. The second kappa shape index (κ2) is 7.66. The monoisotopic (exact) mass is 377 g/mol. The number of thiophene rings is 1. The van der Waals surface area contributed by atoms with Crippen LogP contribution in [0.3, 0.4) is 0 Å². The Balaban J connectivity index is 1.60. The number of halogens is 2. The maximum atomic E-state index is 12.0. The van der Waals surface area contributed by atoms with E-state index in [-0.39, 0.29) is 6.03 Å². The first-order valence-electron chi connectivity index (χ1n) is 7.09. The first-order chi connectivity index (χ1) is 11.6. The first-order valence-corrected chi connectivity index (χ1v) is 8.73. The number of hydrogen-bond donors (Lipinski definition) is 2. The van der Waals surface area contributed by atoms with Crippen LogP contribution in [0, 0.1) is 0 Å². The SMILES string of the molecule is O=C(NCc1cncc(-c2cccs2)c1)Nc1ccc(Cl)c(Cl)c1. The van der Waals surface area contributed by atoms with Crippen LogP contribution in [-0.4, -0.2) is 11.0 Å². The molecule has 7 heteroatoms. The van der Waals surface area contributed by atoms with Gasteiger partial charge in [-0.05, 0) is 41.3 Å². The van der Waals surface area contributed by atoms with E-state index in [1.807, 2.05) is 29.8 Å². The molecule has 2 aromatic heterocycles. The van der Waals surface area contributed by atoms with Crippen molar-refractivity contribution in [3.05, 3.63) is 69.8 Å². The molecular formula is C17H13Cl2N3OS. The number of urea groups is 1. The number of hydrogen-bond acceptors (Lipinski definition) is 3. The van der Waals surface area contributed by atoms with E-state index in [0.717, 1.165) is 16.0 Å². The molecule has 0 fully saturated rings. The van der Waals surface area contributed by atoms with Gasteiger partial charge in [-0.3, -0.25) is 4.98 Å². The number of benzene rings is 1. The van der Waals surface area contributed by atoms with E-state index in [0.29, 0.717) is 22.3 Å². The number of nitrogens with zero attached hydrogens (tertiary/aromatic N) is 1. The zero-order valence-corrected chi connectivity index (χ0v) is 14.8. The molecule has 24 heavy (non-hydrogen) atoms. The Hall–Kier alpha value is -2.08. The minimum absolute atomic E-state index is 0.324. The van der Waals surface area contributed by atoms with Crippen molar-refractivity contribution >= 4 is 46.3 Å². The summed E-state index contributed by atoms with van der Waals surface area (Å²) >= 11 is 13.4. The van der Waals surface area contributed by atoms with Crippen molar-refractivity contribution < 1.29 is 4.79 Å². The van der Waals surface area contributed by atoms with Crippen molar-refractivity contribution in [2.24, 2.45) is 0 Å². The van der Waals surface area contributed by atoms with Gasteiger partial charge in [0.05, 0.1) is 10.0 Å². The van der Waals surface area contributed by atoms with Gasteiger partial charge in [0.1, 0.15) is 0 Å². The first kappa shape index (κ1) is 16.8. The second-order valence-electron chi connectivity index (χ2n) is 5.00. The zero-order chi connectivity index (χ0) is 16.9. The van der Waals surface area contributed by atoms with Crippen molar-refractivity contribution in [2.75, 3.05) is 5.32 Å². The van der Waals surface area contributed by atoms with Crippen LogP contribution in [0.15, 0.2) is 54.2 Å². The Morgan fingerprint density at radius 3 is 2.75 bits per heavy atom. The molecule has 122 valence electrons. The van der Waals surface area contributed by atoms with Gasteiger partial charge in [-0.1, -0.05) is 29.3 Å². The molecule has 2 heterocycles. The number of carbonyl (C=O) groups excluding carboxylic acids is 1. The Bertz CT molecular complexity index is 853. The van der Waals surface area contributed by atoms with Gasteiger partial charge in [-0.2, -0.15) is 0 Å². The van der Waals surface area contributed by atoms with E-state index in [4.69, 9.17) is 23.2 Å². The van der Waals surface area contributed by atoms with Crippen LogP contribution < -0.4 is 10.6 Å². The summed E-state index contributed by atoms with van der Waals surface area (Å²) in [5.41, 5.74) is 2.53. The van der Waals surface area contributed by atoms with Crippen LogP contribution in [0.5, 0.6) is 0 Å². The molecule has 0 aliphatic rings. The van der Waals surface area contributed by atoms with Gasteiger partial charge in [0.25, 0.3) is 0 Å². The summed E-state index contributed by atoms with van der Waals surface area (Å²) in [4.78, 5) is 17.3. The normalized spacial score (nSPS) is 10.4. The fourth-order valence-corrected chi connectivity index (χ4v) is 3.10. The molecule has 0 unspecified atom stereocenters. The third-order valence-corrected chi connectivity index (χ3v) is 4.89. The molecule has 2 N–H and O–H groups in total. The summed E-state index contributed by atoms with van der Waals surface area (Å²) in [6, 6.07) is 10.6. The molecule has 3 aromatic rings. The van der Waals surface area contributed by atoms with Gasteiger partial charge < -0.3 is 10.6 Å². The number of anilines is 1. The van der Waals surface area contributed by atoms with Crippen LogP contribution in [0.4, 0.5) is 10.5 Å². The maximum absolute atomic E-state index is 12.0. The summed E-state index contributed by atoms with van der Waals surface area (Å²) in [5.74, 6) is 0. The predicted molar refractivity (Wildman–Crippen MR) is 99.9 cm³/mol. The summed E-state index contributed by atoms with van der Waals surface area (Å²) in [5, 5.41) is 8.36. The summed E-state index contributed by atoms with van der Waals surface area (Å²) < 4.78 is 0. The largest absolute Gasteiger partial charge is 0.334 e. The molecule has 0 aliphatic heterocycles. The van der Waals surface area contributed by atoms with E-state index in [1.54, 1.807) is 35.7 Å². The lowest BCUT2D eigenvalue weighted by molar-refractivity contribution is 0.251. The minimum atomic E-state index is -0.324. The van der Waals surface area contributed by atoms with Crippen molar-refractivity contribution in [1.29, 1.82) is 0 Å². The number of nitrogens with one attached hydrogen (secondary N) is 2. The number of amides is 2. The average Bonchev–Trinajstić information content (AvgIpc) is 3.11. The van der Waals surface area contributed by atoms with Crippen molar-refractivity contribution in [3.63, 3.8) is 0 Å².